The minimum Gasteiger partial charge on any atom is -0.486 e. The highest BCUT2D eigenvalue weighted by molar-refractivity contribution is 7.90. The lowest BCUT2D eigenvalue weighted by atomic mass is 9.59. The summed E-state index contributed by atoms with van der Waals surface area (Å²) in [6.07, 6.45) is 13.2. The fourth-order valence-corrected chi connectivity index (χ4v) is 12.5. The molecule has 3 aliphatic heterocycles. The fourth-order valence-electron chi connectivity index (χ4n) is 11.5. The first-order valence-corrected chi connectivity index (χ1v) is 25.4. The van der Waals surface area contributed by atoms with Crippen LogP contribution >= 0.6 is 0 Å². The molecule has 16 heteroatoms. The van der Waals surface area contributed by atoms with Crippen LogP contribution in [0, 0.1) is 21.4 Å². The summed E-state index contributed by atoms with van der Waals surface area (Å²) in [6, 6.07) is 20.8. The Labute approximate surface area is 391 Å². The van der Waals surface area contributed by atoms with Gasteiger partial charge in [0.2, 0.25) is 5.75 Å². The molecule has 2 aliphatic carbocycles. The molecule has 10 rings (SSSR count). The van der Waals surface area contributed by atoms with Gasteiger partial charge in [0, 0.05) is 60.6 Å². The first kappa shape index (κ1) is 45.1. The van der Waals surface area contributed by atoms with Crippen LogP contribution in [0.3, 0.4) is 0 Å². The van der Waals surface area contributed by atoms with E-state index in [0.717, 1.165) is 68.5 Å². The van der Waals surface area contributed by atoms with E-state index in [9.17, 15) is 28.4 Å². The zero-order valence-corrected chi connectivity index (χ0v) is 39.2. The molecule has 1 amide bonds. The number of carbonyl (C=O) groups is 1. The second-order valence-corrected chi connectivity index (χ2v) is 22.0. The summed E-state index contributed by atoms with van der Waals surface area (Å²) in [5, 5.41) is 23.5. The Hall–Kier alpha value is -5.71. The number of likely N-dealkylation sites (tertiary alicyclic amines) is 1. The van der Waals surface area contributed by atoms with Crippen molar-refractivity contribution in [1.82, 2.24) is 19.6 Å². The van der Waals surface area contributed by atoms with Crippen molar-refractivity contribution >= 4 is 38.3 Å². The van der Waals surface area contributed by atoms with E-state index >= 15 is 0 Å². The molecule has 5 heterocycles. The maximum atomic E-state index is 14.1. The lowest BCUT2D eigenvalue weighted by Crippen LogP contribution is -2.54. The predicted octanol–water partition coefficient (Wildman–Crippen LogP) is 9.56. The van der Waals surface area contributed by atoms with Crippen LogP contribution in [0.15, 0.2) is 84.0 Å². The molecule has 5 aliphatic rings. The molecular weight excluding hydrogens is 873 g/mol. The van der Waals surface area contributed by atoms with E-state index in [0.29, 0.717) is 54.1 Å². The number of pyridine rings is 1. The maximum absolute atomic E-state index is 14.1. The number of hydrogen-bond donors (Lipinski definition) is 3. The number of H-pyrrole nitrogens is 1. The zero-order chi connectivity index (χ0) is 46.7. The minimum atomic E-state index is -4.68. The minimum absolute atomic E-state index is 0.0462. The number of anilines is 1. The number of fused-ring (bicyclic) bond motifs is 2. The molecule has 0 unspecified atom stereocenters. The smallest absolute Gasteiger partial charge is 0.316 e. The van der Waals surface area contributed by atoms with Gasteiger partial charge in [-0.3, -0.25) is 19.8 Å². The molecule has 5 aromatic rings. The summed E-state index contributed by atoms with van der Waals surface area (Å²) in [7, 11) is -4.68. The quantitative estimate of drug-likeness (QED) is 0.0795. The van der Waals surface area contributed by atoms with Gasteiger partial charge >= 0.3 is 5.69 Å². The summed E-state index contributed by atoms with van der Waals surface area (Å²) in [5.41, 5.74) is 3.41. The standard InChI is InChI=1S/C51H60N6O9S/c1-32(2)40-7-4-5-8-41(40)43-9-6-20-56(43)36-28-51(29-36)17-21-55(22-18-51)35-10-11-42(45(25-35)65-37-24-34-14-19-52-48(34)53-30-37)49(58)54-67(62,63)39-26-44(57(60)61)47-46(27-39)64-31-38(66-47)23-33-12-15-50(3,59)16-13-33/h4-5,7-8,10-11,14,19,24-27,30,32-33,36,38,43,59H,6,9,12-13,15-18,20-23,28-29,31H2,1-3H3,(H,52,53)(H,54,58)/t33?,38-,43+,50?/m0/s1. The van der Waals surface area contributed by atoms with Crippen molar-refractivity contribution in [1.29, 1.82) is 0 Å². The number of carbonyl (C=O) groups excluding carboxylic acids is 1. The molecule has 354 valence electrons. The molecule has 67 heavy (non-hydrogen) atoms. The fraction of sp³-hybridized carbons (Fsp3) is 0.490. The van der Waals surface area contributed by atoms with E-state index in [2.05, 4.69) is 62.6 Å². The van der Waals surface area contributed by atoms with Crippen molar-refractivity contribution < 1.29 is 37.5 Å². The maximum Gasteiger partial charge on any atom is 0.316 e. The van der Waals surface area contributed by atoms with Gasteiger partial charge in [-0.2, -0.15) is 0 Å². The molecule has 4 fully saturated rings. The summed E-state index contributed by atoms with van der Waals surface area (Å²) >= 11 is 0. The molecule has 0 radical (unpaired) electrons. The van der Waals surface area contributed by atoms with E-state index in [-0.39, 0.29) is 35.3 Å². The highest BCUT2D eigenvalue weighted by Gasteiger charge is 2.50. The van der Waals surface area contributed by atoms with Gasteiger partial charge in [0.1, 0.15) is 29.9 Å². The van der Waals surface area contributed by atoms with Gasteiger partial charge in [0.25, 0.3) is 15.9 Å². The lowest BCUT2D eigenvalue weighted by molar-refractivity contribution is -0.386. The Bertz CT molecular complexity index is 2780. The van der Waals surface area contributed by atoms with Crippen molar-refractivity contribution in [3.05, 3.63) is 106 Å². The van der Waals surface area contributed by atoms with Crippen LogP contribution in [-0.4, -0.2) is 83.2 Å². The van der Waals surface area contributed by atoms with Crippen LogP contribution in [0.5, 0.6) is 23.0 Å². The van der Waals surface area contributed by atoms with Crippen LogP contribution in [0.2, 0.25) is 0 Å². The van der Waals surface area contributed by atoms with Crippen molar-refractivity contribution in [2.75, 3.05) is 31.1 Å². The largest absolute Gasteiger partial charge is 0.486 e. The Morgan fingerprint density at radius 1 is 1.03 bits per heavy atom. The number of benzene rings is 3. The molecule has 2 aromatic heterocycles. The average Bonchev–Trinajstić information content (AvgIpc) is 3.98. The van der Waals surface area contributed by atoms with Crippen LogP contribution in [0.4, 0.5) is 11.4 Å². The molecular formula is C51H60N6O9S. The van der Waals surface area contributed by atoms with Gasteiger partial charge in [-0.05, 0) is 137 Å². The molecule has 1 spiro atoms. The van der Waals surface area contributed by atoms with Gasteiger partial charge in [-0.25, -0.2) is 18.1 Å². The molecule has 2 saturated heterocycles. The Morgan fingerprint density at radius 3 is 2.57 bits per heavy atom. The number of rotatable bonds is 12. The molecule has 3 aromatic carbocycles. The number of hydrogen-bond acceptors (Lipinski definition) is 12. The monoisotopic (exact) mass is 932 g/mol. The number of aliphatic hydroxyl groups is 1. The van der Waals surface area contributed by atoms with E-state index in [1.807, 2.05) is 19.1 Å². The first-order valence-electron chi connectivity index (χ1n) is 23.9. The number of piperidine rings is 1. The third-order valence-electron chi connectivity index (χ3n) is 15.3. The third-order valence-corrected chi connectivity index (χ3v) is 16.6. The molecule has 3 N–H and O–H groups in total. The Morgan fingerprint density at radius 2 is 1.81 bits per heavy atom. The van der Waals surface area contributed by atoms with E-state index in [4.69, 9.17) is 14.2 Å². The Kier molecular flexibility index (Phi) is 11.9. The topological polar surface area (TPSA) is 189 Å². The number of sulfonamides is 1. The number of nitrogens with one attached hydrogen (secondary N) is 2. The second kappa shape index (κ2) is 17.7. The molecule has 0 bridgehead atoms. The average molecular weight is 933 g/mol. The number of nitro groups is 1. The van der Waals surface area contributed by atoms with Crippen LogP contribution in [-0.2, 0) is 10.0 Å². The third kappa shape index (κ3) is 9.19. The van der Waals surface area contributed by atoms with Crippen molar-refractivity contribution in [2.24, 2.45) is 11.3 Å². The van der Waals surface area contributed by atoms with Gasteiger partial charge in [0.15, 0.2) is 5.75 Å². The first-order chi connectivity index (χ1) is 32.1. The van der Waals surface area contributed by atoms with Gasteiger partial charge in [-0.1, -0.05) is 38.1 Å². The molecule has 2 saturated carbocycles. The normalized spacial score (nSPS) is 24.2. The van der Waals surface area contributed by atoms with Crippen LogP contribution < -0.4 is 23.8 Å². The number of nitro benzene ring substituents is 1. The van der Waals surface area contributed by atoms with Crippen molar-refractivity contribution in [3.63, 3.8) is 0 Å². The van der Waals surface area contributed by atoms with Crippen LogP contribution in [0.25, 0.3) is 11.0 Å². The van der Waals surface area contributed by atoms with E-state index in [1.54, 1.807) is 24.4 Å². The summed E-state index contributed by atoms with van der Waals surface area (Å²) < 4.78 is 48.4. The molecule has 2 atom stereocenters. The second-order valence-electron chi connectivity index (χ2n) is 20.3. The van der Waals surface area contributed by atoms with Crippen LogP contribution in [0.1, 0.15) is 125 Å². The Balaban J connectivity index is 0.845. The summed E-state index contributed by atoms with van der Waals surface area (Å²) in [4.78, 5) is 37.8. The van der Waals surface area contributed by atoms with Crippen molar-refractivity contribution in [3.8, 4) is 23.0 Å². The highest BCUT2D eigenvalue weighted by atomic mass is 32.2. The number of ether oxygens (including phenoxy) is 3. The number of nitrogens with zero attached hydrogens (tertiary/aromatic N) is 4. The summed E-state index contributed by atoms with van der Waals surface area (Å²) in [5.74, 6) is -0.00447. The van der Waals surface area contributed by atoms with Gasteiger partial charge in [0.05, 0.1) is 27.2 Å². The zero-order valence-electron chi connectivity index (χ0n) is 38.4. The van der Waals surface area contributed by atoms with E-state index < -0.39 is 43.1 Å². The van der Waals surface area contributed by atoms with Gasteiger partial charge < -0.3 is 29.2 Å². The number of aromatic nitrogens is 2. The van der Waals surface area contributed by atoms with Crippen molar-refractivity contribution in [2.45, 2.75) is 126 Å². The van der Waals surface area contributed by atoms with E-state index in [1.165, 1.54) is 43.0 Å². The molecule has 15 nitrogen and oxygen atoms in total. The number of amides is 1. The SMILES string of the molecule is CC(C)c1ccccc1[C@H]1CCCN1C1CC2(CCN(c3ccc(C(=O)NS(=O)(=O)c4cc5c(c([N+](=O)[O-])c4)O[C@@H](CC4CCC(C)(O)CC4)CO5)c(Oc4cnc5[nH]ccc5c4)c3)CC2)C1. The number of aromatic amines is 1. The predicted molar refractivity (Wildman–Crippen MR) is 254 cm³/mol. The lowest BCUT2D eigenvalue weighted by Gasteiger charge is -2.56. The highest BCUT2D eigenvalue weighted by Crippen LogP contribution is 2.54. The van der Waals surface area contributed by atoms with Gasteiger partial charge in [-0.15, -0.1) is 0 Å². The summed E-state index contributed by atoms with van der Waals surface area (Å²) in [6.45, 7) is 9.26.